The monoisotopic (exact) mass is 458 g/mol. The van der Waals surface area contributed by atoms with Gasteiger partial charge in [0, 0.05) is 36.5 Å². The van der Waals surface area contributed by atoms with E-state index >= 15 is 0 Å². The Balaban J connectivity index is 1.85. The highest BCUT2D eigenvalue weighted by molar-refractivity contribution is 7.89. The molecule has 0 aliphatic carbocycles. The van der Waals surface area contributed by atoms with Crippen molar-refractivity contribution in [1.29, 1.82) is 0 Å². The van der Waals surface area contributed by atoms with Crippen LogP contribution < -0.4 is 5.32 Å². The number of nitrogens with zero attached hydrogens (tertiary/aromatic N) is 1. The van der Waals surface area contributed by atoms with Gasteiger partial charge in [-0.15, -0.1) is 0 Å². The summed E-state index contributed by atoms with van der Waals surface area (Å²) in [5, 5.41) is 21.5. The Bertz CT molecular complexity index is 1090. The van der Waals surface area contributed by atoms with Crippen LogP contribution in [-0.2, 0) is 10.0 Å². The Morgan fingerprint density at radius 3 is 2.26 bits per heavy atom. The molecule has 1 aliphatic heterocycles. The van der Waals surface area contributed by atoms with Crippen molar-refractivity contribution in [3.05, 3.63) is 58.9 Å². The van der Waals surface area contributed by atoms with Crippen molar-refractivity contribution in [2.75, 3.05) is 25.0 Å². The number of sulfonamides is 1. The predicted octanol–water partition coefficient (Wildman–Crippen LogP) is 2.17. The lowest BCUT2D eigenvalue weighted by Crippen LogP contribution is -2.48. The Morgan fingerprint density at radius 2 is 1.71 bits per heavy atom. The van der Waals surface area contributed by atoms with Gasteiger partial charge in [0.2, 0.25) is 10.0 Å². The highest BCUT2D eigenvalue weighted by Gasteiger charge is 2.37. The third-order valence-electron chi connectivity index (χ3n) is 5.26. The summed E-state index contributed by atoms with van der Waals surface area (Å²) in [6.45, 7) is 1.06. The summed E-state index contributed by atoms with van der Waals surface area (Å²) < 4.78 is 67.1. The van der Waals surface area contributed by atoms with Crippen molar-refractivity contribution in [2.45, 2.75) is 30.3 Å². The van der Waals surface area contributed by atoms with Crippen molar-refractivity contribution in [1.82, 2.24) is 4.31 Å². The van der Waals surface area contributed by atoms with Crippen molar-refractivity contribution in [3.63, 3.8) is 0 Å². The van der Waals surface area contributed by atoms with Crippen LogP contribution in [0.3, 0.4) is 0 Å². The molecule has 0 bridgehead atoms. The number of carbonyl (C=O) groups excluding carboxylic acids is 1. The number of hydrogen-bond acceptors (Lipinski definition) is 5. The van der Waals surface area contributed by atoms with Crippen LogP contribution in [-0.4, -0.2) is 54.1 Å². The zero-order valence-electron chi connectivity index (χ0n) is 16.5. The van der Waals surface area contributed by atoms with Crippen molar-refractivity contribution < 1.29 is 36.6 Å². The van der Waals surface area contributed by atoms with Crippen LogP contribution in [0.5, 0.6) is 0 Å². The van der Waals surface area contributed by atoms with Crippen LogP contribution in [0.1, 0.15) is 28.8 Å². The minimum Gasteiger partial charge on any atom is -0.393 e. The molecule has 1 aliphatic rings. The van der Waals surface area contributed by atoms with E-state index in [0.29, 0.717) is 17.7 Å². The number of piperidine rings is 1. The molecule has 3 rings (SSSR count). The van der Waals surface area contributed by atoms with Gasteiger partial charge >= 0.3 is 0 Å². The highest BCUT2D eigenvalue weighted by Crippen LogP contribution is 2.28. The fraction of sp³-hybridized carbons (Fsp3) is 0.350. The molecule has 7 nitrogen and oxygen atoms in total. The molecule has 11 heteroatoms. The zero-order valence-corrected chi connectivity index (χ0v) is 17.3. The standard InChI is InChI=1S/C20H21F3N2O5S/c1-12-2-3-13(19(27)24-14-9-15(21)18(23)16(22)10-14)8-17(12)31(29,30)25-6-4-20(28,11-26)5-7-25/h2-3,8-10,26,28H,4-7,11H2,1H3,(H,24,27). The number of anilines is 1. The van der Waals surface area contributed by atoms with E-state index in [2.05, 4.69) is 5.32 Å². The molecule has 3 N–H and O–H groups in total. The fourth-order valence-corrected chi connectivity index (χ4v) is 4.98. The second-order valence-corrected chi connectivity index (χ2v) is 9.38. The van der Waals surface area contributed by atoms with Gasteiger partial charge in [0.1, 0.15) is 0 Å². The molecule has 2 aromatic rings. The number of benzene rings is 2. The van der Waals surface area contributed by atoms with Gasteiger partial charge in [-0.2, -0.15) is 4.31 Å². The first-order valence-corrected chi connectivity index (χ1v) is 10.8. The van der Waals surface area contributed by atoms with Crippen LogP contribution >= 0.6 is 0 Å². The molecule has 1 fully saturated rings. The van der Waals surface area contributed by atoms with Crippen LogP contribution in [0, 0.1) is 24.4 Å². The molecule has 0 spiro atoms. The van der Waals surface area contributed by atoms with E-state index in [-0.39, 0.29) is 42.1 Å². The Kier molecular flexibility index (Phi) is 6.42. The maximum Gasteiger partial charge on any atom is 0.255 e. The minimum absolute atomic E-state index is 0.0105. The SMILES string of the molecule is Cc1ccc(C(=O)Nc2cc(F)c(F)c(F)c2)cc1S(=O)(=O)N1CCC(O)(CO)CC1. The first-order valence-electron chi connectivity index (χ1n) is 9.37. The van der Waals surface area contributed by atoms with Gasteiger partial charge in [0.05, 0.1) is 17.1 Å². The predicted molar refractivity (Wildman–Crippen MR) is 105 cm³/mol. The number of aliphatic hydroxyl groups excluding tert-OH is 1. The topological polar surface area (TPSA) is 107 Å². The summed E-state index contributed by atoms with van der Waals surface area (Å²) >= 11 is 0. The third-order valence-corrected chi connectivity index (χ3v) is 7.30. The van der Waals surface area contributed by atoms with E-state index < -0.39 is 45.6 Å². The normalized spacial score (nSPS) is 16.8. The average Bonchev–Trinajstić information content (AvgIpc) is 2.72. The average molecular weight is 458 g/mol. The van der Waals surface area contributed by atoms with Gasteiger partial charge in [-0.1, -0.05) is 6.07 Å². The number of aliphatic hydroxyl groups is 2. The van der Waals surface area contributed by atoms with E-state index in [0.717, 1.165) is 10.4 Å². The lowest BCUT2D eigenvalue weighted by molar-refractivity contribution is -0.0480. The minimum atomic E-state index is -4.01. The van der Waals surface area contributed by atoms with Crippen LogP contribution in [0.2, 0.25) is 0 Å². The van der Waals surface area contributed by atoms with E-state index in [1.807, 2.05) is 0 Å². The molecular formula is C20H21F3N2O5S. The van der Waals surface area contributed by atoms with Crippen LogP contribution in [0.4, 0.5) is 18.9 Å². The molecule has 1 saturated heterocycles. The first kappa shape index (κ1) is 23.2. The second kappa shape index (κ2) is 8.58. The van der Waals surface area contributed by atoms with Gasteiger partial charge in [-0.05, 0) is 37.5 Å². The smallest absolute Gasteiger partial charge is 0.255 e. The lowest BCUT2D eigenvalue weighted by atomic mass is 9.94. The third kappa shape index (κ3) is 4.74. The summed E-state index contributed by atoms with van der Waals surface area (Å²) in [5.74, 6) is -5.46. The van der Waals surface area contributed by atoms with Gasteiger partial charge in [-0.25, -0.2) is 21.6 Å². The summed E-state index contributed by atoms with van der Waals surface area (Å²) in [6, 6.07) is 5.13. The number of amides is 1. The van der Waals surface area contributed by atoms with E-state index in [1.165, 1.54) is 12.1 Å². The van der Waals surface area contributed by atoms with Gasteiger partial charge < -0.3 is 15.5 Å². The maximum atomic E-state index is 13.4. The largest absolute Gasteiger partial charge is 0.393 e. The number of aryl methyl sites for hydroxylation is 1. The Labute approximate surface area is 177 Å². The first-order chi connectivity index (χ1) is 14.5. The summed E-state index contributed by atoms with van der Waals surface area (Å²) in [6.07, 6.45) is 0.118. The van der Waals surface area contributed by atoms with E-state index in [9.17, 15) is 36.6 Å². The number of hydrogen-bond donors (Lipinski definition) is 3. The Morgan fingerprint density at radius 1 is 1.13 bits per heavy atom. The zero-order chi connectivity index (χ0) is 23.0. The molecule has 0 saturated carbocycles. The van der Waals surface area contributed by atoms with Crippen molar-refractivity contribution in [2.24, 2.45) is 0 Å². The molecule has 0 atom stereocenters. The fourth-order valence-electron chi connectivity index (χ4n) is 3.29. The second-order valence-electron chi connectivity index (χ2n) is 7.47. The molecule has 2 aromatic carbocycles. The maximum absolute atomic E-state index is 13.4. The van der Waals surface area contributed by atoms with Gasteiger partial charge in [-0.3, -0.25) is 4.79 Å². The lowest BCUT2D eigenvalue weighted by Gasteiger charge is -2.36. The number of carbonyl (C=O) groups is 1. The van der Waals surface area contributed by atoms with Crippen LogP contribution in [0.25, 0.3) is 0 Å². The molecule has 1 heterocycles. The Hall–Kier alpha value is -2.47. The molecule has 168 valence electrons. The quantitative estimate of drug-likeness (QED) is 0.596. The van der Waals surface area contributed by atoms with E-state index in [4.69, 9.17) is 0 Å². The molecule has 0 unspecified atom stereocenters. The summed E-state index contributed by atoms with van der Waals surface area (Å²) in [4.78, 5) is 12.4. The molecule has 0 aromatic heterocycles. The van der Waals surface area contributed by atoms with Crippen LogP contribution in [0.15, 0.2) is 35.2 Å². The molecular weight excluding hydrogens is 437 g/mol. The van der Waals surface area contributed by atoms with Crippen molar-refractivity contribution >= 4 is 21.6 Å². The summed E-state index contributed by atoms with van der Waals surface area (Å²) in [7, 11) is -4.01. The van der Waals surface area contributed by atoms with Gasteiger partial charge in [0.25, 0.3) is 5.91 Å². The van der Waals surface area contributed by atoms with E-state index in [1.54, 1.807) is 6.92 Å². The summed E-state index contributed by atoms with van der Waals surface area (Å²) in [5.41, 5.74) is -1.37. The van der Waals surface area contributed by atoms with Crippen molar-refractivity contribution in [3.8, 4) is 0 Å². The van der Waals surface area contributed by atoms with Gasteiger partial charge in [0.15, 0.2) is 17.5 Å². The molecule has 31 heavy (non-hydrogen) atoms. The number of rotatable bonds is 5. The molecule has 0 radical (unpaired) electrons. The highest BCUT2D eigenvalue weighted by atomic mass is 32.2. The number of nitrogens with one attached hydrogen (secondary N) is 1. The number of halogens is 3. The molecule has 1 amide bonds.